The van der Waals surface area contributed by atoms with E-state index in [4.69, 9.17) is 9.47 Å². The summed E-state index contributed by atoms with van der Waals surface area (Å²) in [6, 6.07) is 0.233. The minimum absolute atomic E-state index is 0.0853. The molecule has 0 saturated carbocycles. The molecule has 7 heteroatoms. The average Bonchev–Trinajstić information content (AvgIpc) is 2.56. The Labute approximate surface area is 151 Å². The molecule has 0 atom stereocenters. The fraction of sp³-hybridized carbons (Fsp3) is 0.889. The van der Waals surface area contributed by atoms with Gasteiger partial charge in [0.2, 0.25) is 5.91 Å². The summed E-state index contributed by atoms with van der Waals surface area (Å²) in [4.78, 5) is 26.3. The van der Waals surface area contributed by atoms with E-state index in [1.54, 1.807) is 11.9 Å². The predicted molar refractivity (Wildman–Crippen MR) is 94.9 cm³/mol. The van der Waals surface area contributed by atoms with Crippen LogP contribution in [-0.4, -0.2) is 79.0 Å². The van der Waals surface area contributed by atoms with Gasteiger partial charge in [-0.05, 0) is 26.2 Å². The van der Waals surface area contributed by atoms with Crippen molar-refractivity contribution in [3.05, 3.63) is 0 Å². The van der Waals surface area contributed by atoms with E-state index in [0.29, 0.717) is 13.2 Å². The second-order valence-corrected chi connectivity index (χ2v) is 7.46. The highest BCUT2D eigenvalue weighted by molar-refractivity contribution is 5.73. The number of hydrogen-bond donors (Lipinski definition) is 0. The van der Waals surface area contributed by atoms with Gasteiger partial charge in [-0.25, -0.2) is 14.8 Å². The van der Waals surface area contributed by atoms with Crippen LogP contribution in [0.5, 0.6) is 0 Å². The number of hydrogen-bond acceptors (Lipinski definition) is 5. The number of nitrogens with zero attached hydrogens (tertiary/aromatic N) is 3. The molecule has 2 fully saturated rings. The summed E-state index contributed by atoms with van der Waals surface area (Å²) >= 11 is 0. The summed E-state index contributed by atoms with van der Waals surface area (Å²) in [6.45, 7) is 12.5. The lowest BCUT2D eigenvalue weighted by Crippen LogP contribution is -2.57. The van der Waals surface area contributed by atoms with Gasteiger partial charge in [0.25, 0.3) is 0 Å². The maximum atomic E-state index is 12.2. The Balaban J connectivity index is 1.93. The second-order valence-electron chi connectivity index (χ2n) is 7.46. The minimum atomic E-state index is -0.273. The van der Waals surface area contributed by atoms with Crippen molar-refractivity contribution in [2.24, 2.45) is 5.41 Å². The first-order valence-corrected chi connectivity index (χ1v) is 9.44. The van der Waals surface area contributed by atoms with Gasteiger partial charge in [-0.3, -0.25) is 4.79 Å². The Morgan fingerprint density at radius 1 is 1.24 bits per heavy atom. The molecule has 2 saturated heterocycles. The predicted octanol–water partition coefficient (Wildman–Crippen LogP) is 2.12. The molecule has 144 valence electrons. The van der Waals surface area contributed by atoms with Crippen LogP contribution in [-0.2, 0) is 14.3 Å². The Bertz CT molecular complexity index is 459. The highest BCUT2D eigenvalue weighted by Crippen LogP contribution is 2.30. The van der Waals surface area contributed by atoms with Crippen LogP contribution in [0, 0.1) is 5.41 Å². The molecule has 2 aliphatic heterocycles. The fourth-order valence-corrected chi connectivity index (χ4v) is 3.61. The van der Waals surface area contributed by atoms with Crippen molar-refractivity contribution in [3.63, 3.8) is 0 Å². The van der Waals surface area contributed by atoms with Crippen LogP contribution in [0.15, 0.2) is 0 Å². The molecule has 0 aliphatic carbocycles. The van der Waals surface area contributed by atoms with Gasteiger partial charge in [0.05, 0.1) is 19.8 Å². The number of amides is 2. The monoisotopic (exact) mass is 355 g/mol. The van der Waals surface area contributed by atoms with Crippen molar-refractivity contribution in [3.8, 4) is 0 Å². The average molecular weight is 355 g/mol. The van der Waals surface area contributed by atoms with Crippen LogP contribution in [0.25, 0.3) is 0 Å². The summed E-state index contributed by atoms with van der Waals surface area (Å²) in [5.41, 5.74) is 0.0853. The molecule has 0 spiro atoms. The SMILES string of the molecule is CCCN(C(=O)OCC)N1CCC(N(CC2(C)COC2)C(C)=O)CC1. The summed E-state index contributed by atoms with van der Waals surface area (Å²) in [5, 5.41) is 3.80. The van der Waals surface area contributed by atoms with Crippen LogP contribution >= 0.6 is 0 Å². The van der Waals surface area contributed by atoms with Gasteiger partial charge in [0, 0.05) is 44.6 Å². The van der Waals surface area contributed by atoms with Crippen molar-refractivity contribution < 1.29 is 19.1 Å². The van der Waals surface area contributed by atoms with E-state index in [9.17, 15) is 9.59 Å². The van der Waals surface area contributed by atoms with Gasteiger partial charge in [-0.15, -0.1) is 0 Å². The summed E-state index contributed by atoms with van der Waals surface area (Å²) in [7, 11) is 0. The quantitative estimate of drug-likeness (QED) is 0.700. The van der Waals surface area contributed by atoms with Crippen LogP contribution in [0.3, 0.4) is 0 Å². The normalized spacial score (nSPS) is 20.6. The standard InChI is InChI=1S/C18H33N3O4/c1-5-9-21(17(23)25-6-2)19-10-7-16(8-11-19)20(15(3)22)12-18(4)13-24-14-18/h16H,5-14H2,1-4H3. The molecule has 0 aromatic rings. The summed E-state index contributed by atoms with van der Waals surface area (Å²) in [6.07, 6.45) is 2.36. The molecular formula is C18H33N3O4. The van der Waals surface area contributed by atoms with Crippen molar-refractivity contribution in [2.75, 3.05) is 46.0 Å². The third-order valence-electron chi connectivity index (χ3n) is 4.99. The topological polar surface area (TPSA) is 62.3 Å². The van der Waals surface area contributed by atoms with Crippen molar-refractivity contribution in [1.29, 1.82) is 0 Å². The molecule has 2 amide bonds. The Kier molecular flexibility index (Phi) is 7.07. The molecular weight excluding hydrogens is 322 g/mol. The number of rotatable bonds is 7. The molecule has 2 heterocycles. The molecule has 0 bridgehead atoms. The molecule has 25 heavy (non-hydrogen) atoms. The highest BCUT2D eigenvalue weighted by Gasteiger charge is 2.39. The van der Waals surface area contributed by atoms with Gasteiger partial charge in [-0.2, -0.15) is 0 Å². The molecule has 0 aromatic carbocycles. The molecule has 0 radical (unpaired) electrons. The van der Waals surface area contributed by atoms with Gasteiger partial charge >= 0.3 is 6.09 Å². The summed E-state index contributed by atoms with van der Waals surface area (Å²) in [5.74, 6) is 0.127. The second kappa shape index (κ2) is 8.85. The molecule has 7 nitrogen and oxygen atoms in total. The first kappa shape index (κ1) is 20.0. The molecule has 0 aromatic heterocycles. The van der Waals surface area contributed by atoms with Gasteiger partial charge in [-0.1, -0.05) is 13.8 Å². The van der Waals surface area contributed by atoms with Crippen LogP contribution in [0.2, 0.25) is 0 Å². The number of carbonyl (C=O) groups is 2. The van der Waals surface area contributed by atoms with Crippen molar-refractivity contribution >= 4 is 12.0 Å². The van der Waals surface area contributed by atoms with E-state index < -0.39 is 0 Å². The van der Waals surface area contributed by atoms with Crippen LogP contribution in [0.1, 0.15) is 47.0 Å². The van der Waals surface area contributed by atoms with Gasteiger partial charge in [0.15, 0.2) is 0 Å². The first-order chi connectivity index (χ1) is 11.9. The molecule has 2 rings (SSSR count). The van der Waals surface area contributed by atoms with Crippen LogP contribution in [0.4, 0.5) is 4.79 Å². The maximum Gasteiger partial charge on any atom is 0.424 e. The number of ether oxygens (including phenoxy) is 2. The zero-order chi connectivity index (χ0) is 18.4. The van der Waals surface area contributed by atoms with Crippen LogP contribution < -0.4 is 0 Å². The lowest BCUT2D eigenvalue weighted by molar-refractivity contribution is -0.149. The Hall–Kier alpha value is -1.34. The largest absolute Gasteiger partial charge is 0.449 e. The molecule has 0 unspecified atom stereocenters. The highest BCUT2D eigenvalue weighted by atomic mass is 16.6. The fourth-order valence-electron chi connectivity index (χ4n) is 3.61. The number of piperidine rings is 1. The molecule has 0 N–H and O–H groups in total. The molecule has 2 aliphatic rings. The Morgan fingerprint density at radius 3 is 2.32 bits per heavy atom. The first-order valence-electron chi connectivity index (χ1n) is 9.44. The number of hydrazine groups is 1. The lowest BCUT2D eigenvalue weighted by atomic mass is 9.87. The van der Waals surface area contributed by atoms with Gasteiger partial charge < -0.3 is 14.4 Å². The van der Waals surface area contributed by atoms with E-state index in [2.05, 4.69) is 18.9 Å². The summed E-state index contributed by atoms with van der Waals surface area (Å²) < 4.78 is 10.5. The van der Waals surface area contributed by atoms with Gasteiger partial charge in [0.1, 0.15) is 0 Å². The third kappa shape index (κ3) is 5.07. The van der Waals surface area contributed by atoms with E-state index >= 15 is 0 Å². The minimum Gasteiger partial charge on any atom is -0.449 e. The maximum absolute atomic E-state index is 12.2. The van der Waals surface area contributed by atoms with E-state index in [0.717, 1.165) is 52.1 Å². The van der Waals surface area contributed by atoms with Crippen molar-refractivity contribution in [1.82, 2.24) is 14.9 Å². The number of carbonyl (C=O) groups excluding carboxylic acids is 2. The lowest BCUT2D eigenvalue weighted by Gasteiger charge is -2.46. The Morgan fingerprint density at radius 2 is 1.88 bits per heavy atom. The van der Waals surface area contributed by atoms with Crippen molar-refractivity contribution in [2.45, 2.75) is 53.0 Å². The zero-order valence-electron chi connectivity index (χ0n) is 16.1. The third-order valence-corrected chi connectivity index (χ3v) is 4.99. The van der Waals surface area contributed by atoms with E-state index in [-0.39, 0.29) is 23.5 Å². The zero-order valence-corrected chi connectivity index (χ0v) is 16.1. The smallest absolute Gasteiger partial charge is 0.424 e. The van der Waals surface area contributed by atoms with E-state index in [1.807, 2.05) is 11.8 Å². The van der Waals surface area contributed by atoms with E-state index in [1.165, 1.54) is 0 Å².